The van der Waals surface area contributed by atoms with Crippen LogP contribution in [0.25, 0.3) is 0 Å². The summed E-state index contributed by atoms with van der Waals surface area (Å²) in [6, 6.07) is 0. The molecule has 3 atom stereocenters. The molecule has 0 spiro atoms. The van der Waals surface area contributed by atoms with Gasteiger partial charge in [0.05, 0.1) is 0 Å². The molecule has 0 radical (unpaired) electrons. The van der Waals surface area contributed by atoms with E-state index in [1.54, 1.807) is 14.1 Å². The van der Waals surface area contributed by atoms with Crippen molar-refractivity contribution in [1.82, 2.24) is 8.61 Å². The lowest BCUT2D eigenvalue weighted by Gasteiger charge is -2.29. The summed E-state index contributed by atoms with van der Waals surface area (Å²) in [4.78, 5) is 0. The number of rotatable bonds is 7. The molecule has 2 fully saturated rings. The Morgan fingerprint density at radius 2 is 1.89 bits per heavy atom. The lowest BCUT2D eigenvalue weighted by molar-refractivity contribution is 0.271. The average Bonchev–Trinajstić information content (AvgIpc) is 2.97. The predicted molar refractivity (Wildman–Crippen MR) is 78.5 cm³/mol. The molecule has 6 heteroatoms. The standard InChI is InChI=1S/C13H25ClN2O2S/c1-15(7-3-6-14)19(17,18)16(2)10-13-9-11-4-5-12(13)8-11/h11-13H,3-10H2,1-2H3. The molecular formula is C13H25ClN2O2S. The van der Waals surface area contributed by atoms with Gasteiger partial charge in [-0.1, -0.05) is 6.42 Å². The van der Waals surface area contributed by atoms with Gasteiger partial charge >= 0.3 is 0 Å². The molecule has 4 nitrogen and oxygen atoms in total. The third-order valence-corrected chi connectivity index (χ3v) is 6.94. The van der Waals surface area contributed by atoms with Crippen molar-refractivity contribution >= 4 is 21.8 Å². The minimum atomic E-state index is -3.31. The van der Waals surface area contributed by atoms with E-state index >= 15 is 0 Å². The second-order valence-corrected chi connectivity index (χ2v) is 8.61. The zero-order valence-electron chi connectivity index (χ0n) is 11.9. The molecule has 0 saturated heterocycles. The van der Waals surface area contributed by atoms with Gasteiger partial charge in [-0.25, -0.2) is 0 Å². The molecule has 2 aliphatic carbocycles. The average molecular weight is 309 g/mol. The van der Waals surface area contributed by atoms with E-state index in [1.807, 2.05) is 0 Å². The van der Waals surface area contributed by atoms with Crippen LogP contribution in [0.4, 0.5) is 0 Å². The Hall–Kier alpha value is 0.160. The number of halogens is 1. The largest absolute Gasteiger partial charge is 0.281 e. The summed E-state index contributed by atoms with van der Waals surface area (Å²) in [6.45, 7) is 1.17. The molecule has 0 aromatic carbocycles. The van der Waals surface area contributed by atoms with Crippen molar-refractivity contribution < 1.29 is 8.42 Å². The lowest BCUT2D eigenvalue weighted by Crippen LogP contribution is -2.42. The summed E-state index contributed by atoms with van der Waals surface area (Å²) in [5, 5.41) is 0. The smallest absolute Gasteiger partial charge is 0.195 e. The summed E-state index contributed by atoms with van der Waals surface area (Å²) >= 11 is 5.62. The van der Waals surface area contributed by atoms with Gasteiger partial charge in [0.1, 0.15) is 0 Å². The van der Waals surface area contributed by atoms with Crippen LogP contribution in [0.5, 0.6) is 0 Å². The third-order valence-electron chi connectivity index (χ3n) is 4.77. The molecule has 0 aromatic heterocycles. The van der Waals surface area contributed by atoms with E-state index in [9.17, 15) is 8.42 Å². The summed E-state index contributed by atoms with van der Waals surface area (Å²) < 4.78 is 27.6. The van der Waals surface area contributed by atoms with Gasteiger partial charge in [-0.05, 0) is 43.4 Å². The van der Waals surface area contributed by atoms with Gasteiger partial charge in [0.15, 0.2) is 0 Å². The number of alkyl halides is 1. The molecule has 2 rings (SSSR count). The quantitative estimate of drug-likeness (QED) is 0.676. The van der Waals surface area contributed by atoms with Gasteiger partial charge < -0.3 is 0 Å². The van der Waals surface area contributed by atoms with Crippen LogP contribution in [-0.2, 0) is 10.2 Å². The molecule has 0 amide bonds. The van der Waals surface area contributed by atoms with Crippen molar-refractivity contribution in [3.8, 4) is 0 Å². The van der Waals surface area contributed by atoms with Crippen molar-refractivity contribution in [2.75, 3.05) is 33.1 Å². The van der Waals surface area contributed by atoms with E-state index < -0.39 is 10.2 Å². The van der Waals surface area contributed by atoms with E-state index in [4.69, 9.17) is 11.6 Å². The first-order valence-corrected chi connectivity index (χ1v) is 9.12. The van der Waals surface area contributed by atoms with Crippen LogP contribution in [0.2, 0.25) is 0 Å². The lowest BCUT2D eigenvalue weighted by atomic mass is 9.89. The maximum atomic E-state index is 12.3. The highest BCUT2D eigenvalue weighted by atomic mass is 35.5. The van der Waals surface area contributed by atoms with E-state index in [-0.39, 0.29) is 0 Å². The van der Waals surface area contributed by atoms with Crippen molar-refractivity contribution in [1.29, 1.82) is 0 Å². The van der Waals surface area contributed by atoms with Crippen LogP contribution in [0.1, 0.15) is 32.1 Å². The Labute approximate surface area is 122 Å². The second-order valence-electron chi connectivity index (χ2n) is 6.09. The highest BCUT2D eigenvalue weighted by molar-refractivity contribution is 7.86. The van der Waals surface area contributed by atoms with Gasteiger partial charge in [-0.3, -0.25) is 0 Å². The fourth-order valence-electron chi connectivity index (χ4n) is 3.66. The van der Waals surface area contributed by atoms with Crippen LogP contribution < -0.4 is 0 Å². The Morgan fingerprint density at radius 1 is 1.16 bits per heavy atom. The van der Waals surface area contributed by atoms with Crippen molar-refractivity contribution in [2.24, 2.45) is 17.8 Å². The third kappa shape index (κ3) is 3.43. The normalized spacial score (nSPS) is 30.7. The molecule has 0 aliphatic heterocycles. The van der Waals surface area contributed by atoms with E-state index in [2.05, 4.69) is 0 Å². The van der Waals surface area contributed by atoms with Crippen LogP contribution >= 0.6 is 11.6 Å². The van der Waals surface area contributed by atoms with Crippen LogP contribution in [0.3, 0.4) is 0 Å². The molecule has 0 heterocycles. The van der Waals surface area contributed by atoms with Gasteiger partial charge in [-0.15, -0.1) is 11.6 Å². The maximum absolute atomic E-state index is 12.3. The van der Waals surface area contributed by atoms with Gasteiger partial charge in [0.2, 0.25) is 0 Å². The molecule has 19 heavy (non-hydrogen) atoms. The minimum absolute atomic E-state index is 0.493. The fraction of sp³-hybridized carbons (Fsp3) is 1.00. The van der Waals surface area contributed by atoms with Crippen molar-refractivity contribution in [2.45, 2.75) is 32.1 Å². The molecule has 2 saturated carbocycles. The monoisotopic (exact) mass is 308 g/mol. The van der Waals surface area contributed by atoms with Gasteiger partial charge in [-0.2, -0.15) is 17.0 Å². The highest BCUT2D eigenvalue weighted by Crippen LogP contribution is 2.48. The van der Waals surface area contributed by atoms with Crippen LogP contribution in [0.15, 0.2) is 0 Å². The summed E-state index contributed by atoms with van der Waals surface area (Å²) in [5.41, 5.74) is 0. The first-order valence-electron chi connectivity index (χ1n) is 7.18. The maximum Gasteiger partial charge on any atom is 0.281 e. The zero-order valence-corrected chi connectivity index (χ0v) is 13.5. The SMILES string of the molecule is CN(CCCCl)S(=O)(=O)N(C)CC1CC2CCC1C2. The van der Waals surface area contributed by atoms with Crippen LogP contribution in [-0.4, -0.2) is 50.1 Å². The van der Waals surface area contributed by atoms with E-state index in [0.717, 1.165) is 11.8 Å². The predicted octanol–water partition coefficient (Wildman–Crippen LogP) is 2.16. The van der Waals surface area contributed by atoms with E-state index in [0.29, 0.717) is 31.3 Å². The summed E-state index contributed by atoms with van der Waals surface area (Å²) in [5.74, 6) is 2.69. The number of hydrogen-bond donors (Lipinski definition) is 0. The number of hydrogen-bond acceptors (Lipinski definition) is 2. The Bertz CT molecular complexity index is 401. The molecule has 2 aliphatic rings. The summed E-state index contributed by atoms with van der Waals surface area (Å²) in [6.07, 6.45) is 5.88. The molecular weight excluding hydrogens is 284 g/mol. The molecule has 112 valence electrons. The van der Waals surface area contributed by atoms with Crippen LogP contribution in [0, 0.1) is 17.8 Å². The summed E-state index contributed by atoms with van der Waals surface area (Å²) in [7, 11) is 0.0375. The van der Waals surface area contributed by atoms with Gasteiger partial charge in [0, 0.05) is 33.1 Å². The second kappa shape index (κ2) is 6.29. The molecule has 3 unspecified atom stereocenters. The number of nitrogens with zero attached hydrogens (tertiary/aromatic N) is 2. The minimum Gasteiger partial charge on any atom is -0.195 e. The first kappa shape index (κ1) is 15.5. The zero-order chi connectivity index (χ0) is 14.0. The van der Waals surface area contributed by atoms with Crippen molar-refractivity contribution in [3.05, 3.63) is 0 Å². The Balaban J connectivity index is 1.89. The first-order chi connectivity index (χ1) is 8.95. The van der Waals surface area contributed by atoms with Crippen molar-refractivity contribution in [3.63, 3.8) is 0 Å². The highest BCUT2D eigenvalue weighted by Gasteiger charge is 2.41. The Kier molecular flexibility index (Phi) is 5.15. The van der Waals surface area contributed by atoms with Gasteiger partial charge in [0.25, 0.3) is 10.2 Å². The molecule has 0 aromatic rings. The molecule has 2 bridgehead atoms. The number of fused-ring (bicyclic) bond motifs is 2. The Morgan fingerprint density at radius 3 is 2.42 bits per heavy atom. The van der Waals surface area contributed by atoms with E-state index in [1.165, 1.54) is 34.3 Å². The fourth-order valence-corrected chi connectivity index (χ4v) is 5.00. The molecule has 0 N–H and O–H groups in total. The topological polar surface area (TPSA) is 40.6 Å².